The second-order valence-corrected chi connectivity index (χ2v) is 8.58. The molecule has 1 fully saturated rings. The number of imidazole rings is 1. The highest BCUT2D eigenvalue weighted by molar-refractivity contribution is 7.09. The van der Waals surface area contributed by atoms with Crippen LogP contribution in [0.4, 0.5) is 0 Å². The minimum atomic E-state index is 0.103. The van der Waals surface area contributed by atoms with Gasteiger partial charge in [0.25, 0.3) is 5.91 Å². The molecule has 0 aliphatic carbocycles. The third-order valence-corrected chi connectivity index (χ3v) is 6.37. The van der Waals surface area contributed by atoms with Gasteiger partial charge >= 0.3 is 0 Å². The highest BCUT2D eigenvalue weighted by Crippen LogP contribution is 2.26. The molecule has 1 aliphatic heterocycles. The summed E-state index contributed by atoms with van der Waals surface area (Å²) in [6, 6.07) is 16.2. The van der Waals surface area contributed by atoms with Gasteiger partial charge in [0, 0.05) is 29.6 Å². The van der Waals surface area contributed by atoms with Crippen LogP contribution in [0.5, 0.6) is 0 Å². The number of rotatable bonds is 4. The lowest BCUT2D eigenvalue weighted by atomic mass is 10.1. The molecule has 4 aromatic rings. The van der Waals surface area contributed by atoms with Crippen LogP contribution in [0.3, 0.4) is 0 Å². The lowest BCUT2D eigenvalue weighted by Gasteiger charge is -2.25. The molecular weight excluding hydrogens is 380 g/mol. The number of thiazole rings is 1. The Kier molecular flexibility index (Phi) is 4.64. The number of carbonyl (C=O) groups excluding carboxylic acids is 1. The van der Waals surface area contributed by atoms with Gasteiger partial charge in [-0.15, -0.1) is 11.3 Å². The largest absolute Gasteiger partial charge is 0.334 e. The van der Waals surface area contributed by atoms with Gasteiger partial charge in [-0.1, -0.05) is 24.3 Å². The first-order chi connectivity index (χ1) is 14.2. The van der Waals surface area contributed by atoms with Crippen molar-refractivity contribution in [2.45, 2.75) is 32.4 Å². The Morgan fingerprint density at radius 3 is 2.97 bits per heavy atom. The van der Waals surface area contributed by atoms with Gasteiger partial charge in [-0.2, -0.15) is 0 Å². The Balaban J connectivity index is 1.39. The Morgan fingerprint density at radius 1 is 1.21 bits per heavy atom. The molecule has 1 amide bonds. The second kappa shape index (κ2) is 7.44. The number of aromatic nitrogens is 3. The molecule has 1 atom stereocenters. The van der Waals surface area contributed by atoms with Crippen molar-refractivity contribution in [3.63, 3.8) is 0 Å². The van der Waals surface area contributed by atoms with Crippen molar-refractivity contribution in [1.29, 1.82) is 0 Å². The van der Waals surface area contributed by atoms with E-state index in [1.807, 2.05) is 66.0 Å². The summed E-state index contributed by atoms with van der Waals surface area (Å²) in [6.07, 6.45) is 3.94. The van der Waals surface area contributed by atoms with Crippen LogP contribution in [0.2, 0.25) is 0 Å². The number of fused-ring (bicyclic) bond motifs is 1. The molecule has 29 heavy (non-hydrogen) atoms. The molecule has 0 spiro atoms. The van der Waals surface area contributed by atoms with E-state index in [-0.39, 0.29) is 11.9 Å². The third-order valence-electron chi connectivity index (χ3n) is 5.60. The van der Waals surface area contributed by atoms with Crippen LogP contribution in [-0.2, 0) is 6.54 Å². The average Bonchev–Trinajstić information content (AvgIpc) is 3.48. The molecule has 1 aliphatic rings. The van der Waals surface area contributed by atoms with E-state index >= 15 is 0 Å². The van der Waals surface area contributed by atoms with Gasteiger partial charge in [0.15, 0.2) is 0 Å². The number of para-hydroxylation sites is 2. The molecule has 5 nitrogen and oxygen atoms in total. The summed E-state index contributed by atoms with van der Waals surface area (Å²) in [5.41, 5.74) is 4.78. The molecule has 0 N–H and O–H groups in total. The summed E-state index contributed by atoms with van der Waals surface area (Å²) in [7, 11) is 0. The predicted octanol–water partition coefficient (Wildman–Crippen LogP) is 4.77. The summed E-state index contributed by atoms with van der Waals surface area (Å²) in [5, 5.41) is 3.07. The summed E-state index contributed by atoms with van der Waals surface area (Å²) >= 11 is 1.63. The van der Waals surface area contributed by atoms with Crippen molar-refractivity contribution >= 4 is 28.3 Å². The SMILES string of the molecule is Cc1nc(-c2cccc(C(=O)N3CCCC3Cn3cnc4ccccc43)c2)cs1. The van der Waals surface area contributed by atoms with E-state index in [1.165, 1.54) is 0 Å². The number of benzene rings is 2. The second-order valence-electron chi connectivity index (χ2n) is 7.51. The fourth-order valence-corrected chi connectivity index (χ4v) is 4.77. The third kappa shape index (κ3) is 3.44. The molecule has 0 saturated carbocycles. The molecular formula is C23H22N4OS. The minimum Gasteiger partial charge on any atom is -0.334 e. The monoisotopic (exact) mass is 402 g/mol. The number of aryl methyl sites for hydroxylation is 1. The Labute approximate surface area is 173 Å². The van der Waals surface area contributed by atoms with Crippen LogP contribution in [0.1, 0.15) is 28.2 Å². The molecule has 146 valence electrons. The molecule has 0 bridgehead atoms. The van der Waals surface area contributed by atoms with Gasteiger partial charge in [-0.3, -0.25) is 4.79 Å². The molecule has 2 aromatic heterocycles. The Morgan fingerprint density at radius 2 is 2.10 bits per heavy atom. The van der Waals surface area contributed by atoms with Crippen molar-refractivity contribution in [3.8, 4) is 11.3 Å². The molecule has 0 radical (unpaired) electrons. The van der Waals surface area contributed by atoms with E-state index in [4.69, 9.17) is 0 Å². The molecule has 1 unspecified atom stereocenters. The summed E-state index contributed by atoms with van der Waals surface area (Å²) < 4.78 is 2.17. The smallest absolute Gasteiger partial charge is 0.254 e. The first-order valence-corrected chi connectivity index (χ1v) is 10.8. The number of nitrogens with zero attached hydrogens (tertiary/aromatic N) is 4. The van der Waals surface area contributed by atoms with Gasteiger partial charge < -0.3 is 9.47 Å². The number of hydrogen-bond donors (Lipinski definition) is 0. The zero-order valence-corrected chi connectivity index (χ0v) is 17.1. The average molecular weight is 403 g/mol. The van der Waals surface area contributed by atoms with Crippen molar-refractivity contribution in [1.82, 2.24) is 19.4 Å². The summed E-state index contributed by atoms with van der Waals surface area (Å²) in [5.74, 6) is 0.103. The Bertz CT molecular complexity index is 1180. The molecule has 2 aromatic carbocycles. The normalized spacial score (nSPS) is 16.6. The number of carbonyl (C=O) groups is 1. The maximum Gasteiger partial charge on any atom is 0.254 e. The van der Waals surface area contributed by atoms with Crippen LogP contribution in [0.25, 0.3) is 22.3 Å². The van der Waals surface area contributed by atoms with Crippen LogP contribution < -0.4 is 0 Å². The maximum atomic E-state index is 13.3. The lowest BCUT2D eigenvalue weighted by molar-refractivity contribution is 0.0725. The zero-order chi connectivity index (χ0) is 19.8. The first-order valence-electron chi connectivity index (χ1n) is 9.92. The highest BCUT2D eigenvalue weighted by Gasteiger charge is 2.30. The van der Waals surface area contributed by atoms with Crippen molar-refractivity contribution in [3.05, 3.63) is 70.8 Å². The van der Waals surface area contributed by atoms with Crippen molar-refractivity contribution in [2.75, 3.05) is 6.54 Å². The van der Waals surface area contributed by atoms with E-state index in [0.29, 0.717) is 0 Å². The summed E-state index contributed by atoms with van der Waals surface area (Å²) in [6.45, 7) is 3.57. The lowest BCUT2D eigenvalue weighted by Crippen LogP contribution is -2.38. The topological polar surface area (TPSA) is 51.0 Å². The molecule has 1 saturated heterocycles. The van der Waals surface area contributed by atoms with Gasteiger partial charge in [0.05, 0.1) is 34.1 Å². The molecule has 3 heterocycles. The molecule has 6 heteroatoms. The number of amides is 1. The van der Waals surface area contributed by atoms with Gasteiger partial charge in [-0.05, 0) is 44.0 Å². The molecule has 5 rings (SSSR count). The van der Waals surface area contributed by atoms with E-state index < -0.39 is 0 Å². The summed E-state index contributed by atoms with van der Waals surface area (Å²) in [4.78, 5) is 24.4. The van der Waals surface area contributed by atoms with Crippen molar-refractivity contribution in [2.24, 2.45) is 0 Å². The van der Waals surface area contributed by atoms with E-state index in [0.717, 1.165) is 58.8 Å². The highest BCUT2D eigenvalue weighted by atomic mass is 32.1. The van der Waals surface area contributed by atoms with Crippen LogP contribution in [0, 0.1) is 6.92 Å². The minimum absolute atomic E-state index is 0.103. The standard InChI is InChI=1S/C23H22N4OS/c1-16-25-21(14-29-16)17-6-4-7-18(12-17)23(28)27-11-5-8-19(27)13-26-15-24-20-9-2-3-10-22(20)26/h2-4,6-7,9-10,12,14-15,19H,5,8,11,13H2,1H3. The number of hydrogen-bond acceptors (Lipinski definition) is 4. The Hall–Kier alpha value is -2.99. The maximum absolute atomic E-state index is 13.3. The van der Waals surface area contributed by atoms with Crippen LogP contribution >= 0.6 is 11.3 Å². The quantitative estimate of drug-likeness (QED) is 0.494. The predicted molar refractivity (Wildman–Crippen MR) is 116 cm³/mol. The first kappa shape index (κ1) is 18.1. The van der Waals surface area contributed by atoms with E-state index in [2.05, 4.69) is 20.6 Å². The zero-order valence-electron chi connectivity index (χ0n) is 16.3. The van der Waals surface area contributed by atoms with Gasteiger partial charge in [-0.25, -0.2) is 9.97 Å². The van der Waals surface area contributed by atoms with Crippen LogP contribution in [-0.4, -0.2) is 37.9 Å². The van der Waals surface area contributed by atoms with Gasteiger partial charge in [0.1, 0.15) is 0 Å². The van der Waals surface area contributed by atoms with Gasteiger partial charge in [0.2, 0.25) is 0 Å². The van der Waals surface area contributed by atoms with E-state index in [1.54, 1.807) is 11.3 Å². The van der Waals surface area contributed by atoms with Crippen molar-refractivity contribution < 1.29 is 4.79 Å². The van der Waals surface area contributed by atoms with E-state index in [9.17, 15) is 4.79 Å². The fraction of sp³-hybridized carbons (Fsp3) is 0.261. The number of likely N-dealkylation sites (tertiary alicyclic amines) is 1. The van der Waals surface area contributed by atoms with Crippen LogP contribution in [0.15, 0.2) is 60.2 Å². The fourth-order valence-electron chi connectivity index (χ4n) is 4.15.